The van der Waals surface area contributed by atoms with E-state index in [-0.39, 0.29) is 18.7 Å². The van der Waals surface area contributed by atoms with E-state index >= 15 is 0 Å². The molecule has 1 amide bonds. The van der Waals surface area contributed by atoms with Crippen molar-refractivity contribution in [2.24, 2.45) is 0 Å². The first kappa shape index (κ1) is 21.8. The highest BCUT2D eigenvalue weighted by Crippen LogP contribution is 2.28. The van der Waals surface area contributed by atoms with Crippen molar-refractivity contribution in [3.05, 3.63) is 0 Å². The largest absolute Gasteiger partial charge is 0.481 e. The predicted molar refractivity (Wildman–Crippen MR) is 112 cm³/mol. The highest BCUT2D eigenvalue weighted by molar-refractivity contribution is 5.69. The molecule has 3 heterocycles. The van der Waals surface area contributed by atoms with E-state index in [4.69, 9.17) is 9.84 Å². The van der Waals surface area contributed by atoms with Gasteiger partial charge in [0.2, 0.25) is 0 Å². The zero-order valence-electron chi connectivity index (χ0n) is 18.2. The summed E-state index contributed by atoms with van der Waals surface area (Å²) >= 11 is 0. The van der Waals surface area contributed by atoms with E-state index < -0.39 is 5.97 Å². The van der Waals surface area contributed by atoms with Crippen molar-refractivity contribution in [2.45, 2.75) is 50.4 Å². The molecule has 2 unspecified atom stereocenters. The van der Waals surface area contributed by atoms with Gasteiger partial charge >= 0.3 is 12.1 Å². The molecule has 1 N–H and O–H groups in total. The minimum atomic E-state index is -0.726. The number of nitrogens with zero attached hydrogens (tertiary/aromatic N) is 5. The fraction of sp³-hybridized carbons (Fsp3) is 0.905. The lowest BCUT2D eigenvalue weighted by Crippen LogP contribution is -2.58. The summed E-state index contributed by atoms with van der Waals surface area (Å²) < 4.78 is 5.63. The third kappa shape index (κ3) is 5.63. The van der Waals surface area contributed by atoms with Gasteiger partial charge in [0, 0.05) is 71.4 Å². The Labute approximate surface area is 179 Å². The molecule has 4 aliphatic rings. The SMILES string of the molecule is CN1CC(N2CCN(CCCC(=O)O)CC2CCN2CCN(C3CC3)CC2)OC1=O. The predicted octanol–water partition coefficient (Wildman–Crippen LogP) is 0.416. The number of likely N-dealkylation sites (N-methyl/N-ethyl adjacent to an activating group) is 1. The highest BCUT2D eigenvalue weighted by Gasteiger charge is 2.39. The van der Waals surface area contributed by atoms with Gasteiger partial charge in [-0.3, -0.25) is 14.6 Å². The van der Waals surface area contributed by atoms with E-state index in [1.807, 2.05) is 0 Å². The Bertz CT molecular complexity index is 608. The summed E-state index contributed by atoms with van der Waals surface area (Å²) in [5, 5.41) is 8.93. The first-order valence-corrected chi connectivity index (χ1v) is 11.6. The Morgan fingerprint density at radius 1 is 1.03 bits per heavy atom. The van der Waals surface area contributed by atoms with Crippen LogP contribution in [0.2, 0.25) is 0 Å². The molecule has 0 aromatic rings. The normalized spacial score (nSPS) is 30.0. The average molecular weight is 424 g/mol. The quantitative estimate of drug-likeness (QED) is 0.572. The Hall–Kier alpha value is -1.42. The first-order chi connectivity index (χ1) is 14.5. The van der Waals surface area contributed by atoms with E-state index in [9.17, 15) is 9.59 Å². The van der Waals surface area contributed by atoms with Gasteiger partial charge in [0.25, 0.3) is 0 Å². The maximum atomic E-state index is 11.9. The molecule has 0 bridgehead atoms. The molecule has 3 saturated heterocycles. The third-order valence-corrected chi connectivity index (χ3v) is 7.07. The number of rotatable bonds is 9. The second-order valence-electron chi connectivity index (χ2n) is 9.31. The molecule has 170 valence electrons. The number of aliphatic carboxylic acids is 1. The van der Waals surface area contributed by atoms with Gasteiger partial charge in [-0.15, -0.1) is 0 Å². The summed E-state index contributed by atoms with van der Waals surface area (Å²) in [4.78, 5) is 34.4. The number of hydrogen-bond donors (Lipinski definition) is 1. The topological polar surface area (TPSA) is 79.8 Å². The summed E-state index contributed by atoms with van der Waals surface area (Å²) in [6.07, 6.45) is 4.32. The van der Waals surface area contributed by atoms with Crippen LogP contribution >= 0.6 is 0 Å². The van der Waals surface area contributed by atoms with Crippen LogP contribution in [0.4, 0.5) is 4.79 Å². The van der Waals surface area contributed by atoms with Gasteiger partial charge in [-0.1, -0.05) is 0 Å². The number of carbonyl (C=O) groups is 2. The zero-order chi connectivity index (χ0) is 21.1. The highest BCUT2D eigenvalue weighted by atomic mass is 16.6. The molecular formula is C21H37N5O4. The molecule has 0 radical (unpaired) electrons. The lowest BCUT2D eigenvalue weighted by Gasteiger charge is -2.44. The molecule has 1 aliphatic carbocycles. The molecule has 1 saturated carbocycles. The van der Waals surface area contributed by atoms with Crippen molar-refractivity contribution in [1.82, 2.24) is 24.5 Å². The number of hydrogen-bond acceptors (Lipinski definition) is 7. The molecule has 4 rings (SSSR count). The van der Waals surface area contributed by atoms with E-state index in [0.717, 1.165) is 58.3 Å². The third-order valence-electron chi connectivity index (χ3n) is 7.07. The Morgan fingerprint density at radius 2 is 1.77 bits per heavy atom. The minimum absolute atomic E-state index is 0.166. The van der Waals surface area contributed by atoms with E-state index in [1.54, 1.807) is 11.9 Å². The van der Waals surface area contributed by atoms with Gasteiger partial charge in [0.15, 0.2) is 6.23 Å². The van der Waals surface area contributed by atoms with Crippen molar-refractivity contribution in [3.63, 3.8) is 0 Å². The first-order valence-electron chi connectivity index (χ1n) is 11.6. The van der Waals surface area contributed by atoms with Crippen LogP contribution in [-0.4, -0.2) is 132 Å². The lowest BCUT2D eigenvalue weighted by atomic mass is 10.1. The fourth-order valence-electron chi connectivity index (χ4n) is 5.08. The molecule has 0 spiro atoms. The molecule has 0 aromatic heterocycles. The summed E-state index contributed by atoms with van der Waals surface area (Å²) in [7, 11) is 1.79. The van der Waals surface area contributed by atoms with Gasteiger partial charge in [-0.25, -0.2) is 4.79 Å². The number of carbonyl (C=O) groups excluding carboxylic acids is 1. The number of carboxylic acids is 1. The summed E-state index contributed by atoms with van der Waals surface area (Å²) in [6, 6.07) is 1.18. The summed E-state index contributed by atoms with van der Waals surface area (Å²) in [5.41, 5.74) is 0. The zero-order valence-corrected chi connectivity index (χ0v) is 18.2. The Morgan fingerprint density at radius 3 is 2.40 bits per heavy atom. The van der Waals surface area contributed by atoms with Crippen LogP contribution in [-0.2, 0) is 9.53 Å². The molecule has 9 heteroatoms. The van der Waals surface area contributed by atoms with Gasteiger partial charge < -0.3 is 24.5 Å². The molecular weight excluding hydrogens is 386 g/mol. The van der Waals surface area contributed by atoms with Crippen LogP contribution in [0.1, 0.15) is 32.1 Å². The molecule has 9 nitrogen and oxygen atoms in total. The number of piperazine rings is 2. The summed E-state index contributed by atoms with van der Waals surface area (Å²) in [5.74, 6) is -0.726. The van der Waals surface area contributed by atoms with E-state index in [2.05, 4.69) is 19.6 Å². The van der Waals surface area contributed by atoms with Gasteiger partial charge in [-0.2, -0.15) is 0 Å². The van der Waals surface area contributed by atoms with Crippen molar-refractivity contribution >= 4 is 12.1 Å². The number of amides is 1. The van der Waals surface area contributed by atoms with Crippen LogP contribution < -0.4 is 0 Å². The van der Waals surface area contributed by atoms with Crippen LogP contribution in [0.15, 0.2) is 0 Å². The number of cyclic esters (lactones) is 1. The van der Waals surface area contributed by atoms with Crippen molar-refractivity contribution < 1.29 is 19.4 Å². The van der Waals surface area contributed by atoms with Crippen molar-refractivity contribution in [3.8, 4) is 0 Å². The van der Waals surface area contributed by atoms with Gasteiger partial charge in [-0.05, 0) is 38.8 Å². The number of ether oxygens (including phenoxy) is 1. The smallest absolute Gasteiger partial charge is 0.411 e. The van der Waals surface area contributed by atoms with Crippen LogP contribution in [0.25, 0.3) is 0 Å². The fourth-order valence-corrected chi connectivity index (χ4v) is 5.08. The van der Waals surface area contributed by atoms with Gasteiger partial charge in [0.1, 0.15) is 0 Å². The minimum Gasteiger partial charge on any atom is -0.481 e. The standard InChI is InChI=1S/C21H37N5O4/c1-22-16-19(30-21(22)29)26-14-11-24(7-2-3-20(27)28)15-18(26)6-8-23-9-12-25(13-10-23)17-4-5-17/h17-19H,2-16H2,1H3,(H,27,28). The van der Waals surface area contributed by atoms with Crippen LogP contribution in [0.3, 0.4) is 0 Å². The summed E-state index contributed by atoms with van der Waals surface area (Å²) in [6.45, 7) is 9.84. The van der Waals surface area contributed by atoms with E-state index in [0.29, 0.717) is 19.0 Å². The van der Waals surface area contributed by atoms with Crippen molar-refractivity contribution in [2.75, 3.05) is 72.5 Å². The second-order valence-corrected chi connectivity index (χ2v) is 9.31. The molecule has 30 heavy (non-hydrogen) atoms. The second kappa shape index (κ2) is 9.80. The van der Waals surface area contributed by atoms with Crippen LogP contribution in [0.5, 0.6) is 0 Å². The Balaban J connectivity index is 1.29. The average Bonchev–Trinajstić information content (AvgIpc) is 3.52. The van der Waals surface area contributed by atoms with Crippen molar-refractivity contribution in [1.29, 1.82) is 0 Å². The lowest BCUT2D eigenvalue weighted by molar-refractivity contribution is -0.137. The van der Waals surface area contributed by atoms with E-state index in [1.165, 1.54) is 25.9 Å². The van der Waals surface area contributed by atoms with Gasteiger partial charge in [0.05, 0.1) is 6.54 Å². The number of carboxylic acid groups (broad SMARTS) is 1. The molecule has 3 aliphatic heterocycles. The molecule has 4 fully saturated rings. The maximum absolute atomic E-state index is 11.9. The maximum Gasteiger partial charge on any atom is 0.411 e. The van der Waals surface area contributed by atoms with Crippen LogP contribution in [0, 0.1) is 0 Å². The Kier molecular flexibility index (Phi) is 7.12. The molecule has 0 aromatic carbocycles. The monoisotopic (exact) mass is 423 g/mol. The molecule has 2 atom stereocenters.